The Kier molecular flexibility index (Phi) is 5.70. The van der Waals surface area contributed by atoms with E-state index in [2.05, 4.69) is 175 Å². The summed E-state index contributed by atoms with van der Waals surface area (Å²) in [7, 11) is 0. The summed E-state index contributed by atoms with van der Waals surface area (Å²) in [6.07, 6.45) is 7.82. The summed E-state index contributed by atoms with van der Waals surface area (Å²) in [5, 5.41) is 2.57. The van der Waals surface area contributed by atoms with Crippen LogP contribution in [-0.2, 0) is 5.41 Å². The fraction of sp³-hybridized carbons (Fsp3) is 0.116. The first-order valence-corrected chi connectivity index (χ1v) is 16.0. The van der Waals surface area contributed by atoms with Crippen molar-refractivity contribution < 1.29 is 0 Å². The number of hydrogen-bond donors (Lipinski definition) is 0. The van der Waals surface area contributed by atoms with Crippen LogP contribution in [0.3, 0.4) is 0 Å². The second kappa shape index (κ2) is 9.84. The van der Waals surface area contributed by atoms with Crippen LogP contribution in [-0.4, -0.2) is 0 Å². The summed E-state index contributed by atoms with van der Waals surface area (Å²) in [6, 6.07) is 49.2. The lowest BCUT2D eigenvalue weighted by Crippen LogP contribution is -2.15. The zero-order valence-electron chi connectivity index (χ0n) is 25.6. The van der Waals surface area contributed by atoms with Crippen molar-refractivity contribution in [1.29, 1.82) is 0 Å². The van der Waals surface area contributed by atoms with E-state index in [4.69, 9.17) is 0 Å². The number of benzene rings is 6. The van der Waals surface area contributed by atoms with Crippen LogP contribution in [0, 0.1) is 0 Å². The first-order valence-electron chi connectivity index (χ1n) is 16.0. The number of nitrogens with zero attached hydrogens (tertiary/aromatic N) is 2. The summed E-state index contributed by atoms with van der Waals surface area (Å²) >= 11 is 0. The smallest absolute Gasteiger partial charge is 0.0518 e. The molecule has 1 atom stereocenters. The van der Waals surface area contributed by atoms with E-state index in [-0.39, 0.29) is 5.41 Å². The molecule has 0 aromatic heterocycles. The third-order valence-corrected chi connectivity index (χ3v) is 10.1. The summed E-state index contributed by atoms with van der Waals surface area (Å²) in [5.74, 6) is 0.371. The van der Waals surface area contributed by atoms with Crippen LogP contribution in [0.2, 0.25) is 0 Å². The topological polar surface area (TPSA) is 6.48 Å². The van der Waals surface area contributed by atoms with Crippen LogP contribution in [0.15, 0.2) is 157 Å². The summed E-state index contributed by atoms with van der Waals surface area (Å²) in [5.41, 5.74) is 14.2. The first kappa shape index (κ1) is 26.1. The van der Waals surface area contributed by atoms with Crippen molar-refractivity contribution in [2.24, 2.45) is 0 Å². The number of hydrogen-bond acceptors (Lipinski definition) is 2. The Bertz CT molecular complexity index is 2170. The molecule has 0 saturated heterocycles. The van der Waals surface area contributed by atoms with Gasteiger partial charge in [-0.15, -0.1) is 0 Å². The van der Waals surface area contributed by atoms with Gasteiger partial charge in [-0.25, -0.2) is 0 Å². The fourth-order valence-corrected chi connectivity index (χ4v) is 7.97. The third kappa shape index (κ3) is 3.88. The van der Waals surface area contributed by atoms with E-state index in [9.17, 15) is 0 Å². The van der Waals surface area contributed by atoms with Crippen molar-refractivity contribution in [2.75, 3.05) is 9.80 Å². The Morgan fingerprint density at radius 3 is 2.22 bits per heavy atom. The fourth-order valence-electron chi connectivity index (χ4n) is 7.97. The molecular weight excluding hydrogens is 544 g/mol. The number of anilines is 5. The molecule has 0 bridgehead atoms. The monoisotopic (exact) mass is 578 g/mol. The third-order valence-electron chi connectivity index (χ3n) is 10.1. The van der Waals surface area contributed by atoms with Gasteiger partial charge < -0.3 is 9.80 Å². The predicted octanol–water partition coefficient (Wildman–Crippen LogP) is 11.7. The Balaban J connectivity index is 1.25. The van der Waals surface area contributed by atoms with E-state index in [1.54, 1.807) is 0 Å². The quantitative estimate of drug-likeness (QED) is 0.205. The molecule has 216 valence electrons. The van der Waals surface area contributed by atoms with Crippen LogP contribution < -0.4 is 9.80 Å². The lowest BCUT2D eigenvalue weighted by atomic mass is 9.82. The zero-order valence-corrected chi connectivity index (χ0v) is 25.6. The maximum atomic E-state index is 2.46. The molecule has 0 saturated carbocycles. The number of allylic oxidation sites excluding steroid dienone is 4. The van der Waals surface area contributed by atoms with Crippen molar-refractivity contribution in [3.05, 3.63) is 174 Å². The van der Waals surface area contributed by atoms with E-state index in [1.165, 1.54) is 55.7 Å². The van der Waals surface area contributed by atoms with Crippen LogP contribution >= 0.6 is 0 Å². The van der Waals surface area contributed by atoms with Crippen molar-refractivity contribution in [1.82, 2.24) is 0 Å². The molecule has 1 aliphatic heterocycles. The summed E-state index contributed by atoms with van der Waals surface area (Å²) < 4.78 is 0. The molecule has 0 amide bonds. The average Bonchev–Trinajstić information content (AvgIpc) is 3.54. The minimum Gasteiger partial charge on any atom is -0.313 e. The van der Waals surface area contributed by atoms with E-state index >= 15 is 0 Å². The van der Waals surface area contributed by atoms with Gasteiger partial charge in [-0.05, 0) is 99.6 Å². The van der Waals surface area contributed by atoms with Gasteiger partial charge in [0.05, 0.1) is 5.69 Å². The summed E-state index contributed by atoms with van der Waals surface area (Å²) in [4.78, 5) is 4.88. The standard InChI is InChI=1S/C43H34N2/c1-43(2)38-19-11-9-18-36(38)42-37-27-32(23-21-29(37)22-26-39(42)43)44(30-13-5-3-6-14-30)33-24-25-35-34-17-10-12-20-40(34)45(41(35)28-33)31-15-7-4-8-16-31/h3-16,18-28,34H,17H2,1-2H3. The van der Waals surface area contributed by atoms with E-state index in [0.717, 1.165) is 23.5 Å². The van der Waals surface area contributed by atoms with Gasteiger partial charge in [0, 0.05) is 39.8 Å². The molecule has 2 nitrogen and oxygen atoms in total. The highest BCUT2D eigenvalue weighted by atomic mass is 15.2. The molecule has 45 heavy (non-hydrogen) atoms. The van der Waals surface area contributed by atoms with Gasteiger partial charge in [0.1, 0.15) is 0 Å². The second-order valence-electron chi connectivity index (χ2n) is 13.0. The minimum atomic E-state index is -0.0313. The summed E-state index contributed by atoms with van der Waals surface area (Å²) in [6.45, 7) is 4.71. The molecule has 2 aliphatic carbocycles. The highest BCUT2D eigenvalue weighted by molar-refractivity contribution is 6.04. The molecule has 0 spiro atoms. The van der Waals surface area contributed by atoms with Crippen molar-refractivity contribution >= 4 is 39.2 Å². The molecular formula is C43H34N2. The molecule has 1 unspecified atom stereocenters. The van der Waals surface area contributed by atoms with Gasteiger partial charge in [-0.3, -0.25) is 0 Å². The second-order valence-corrected chi connectivity index (χ2v) is 13.0. The first-order chi connectivity index (χ1) is 22.1. The van der Waals surface area contributed by atoms with Gasteiger partial charge in [0.15, 0.2) is 0 Å². The van der Waals surface area contributed by atoms with Crippen LogP contribution in [0.25, 0.3) is 21.9 Å². The van der Waals surface area contributed by atoms with Gasteiger partial charge in [-0.2, -0.15) is 0 Å². The lowest BCUT2D eigenvalue weighted by molar-refractivity contribution is 0.661. The van der Waals surface area contributed by atoms with Crippen molar-refractivity contribution in [2.45, 2.75) is 31.6 Å². The molecule has 0 N–H and O–H groups in total. The zero-order chi connectivity index (χ0) is 30.1. The number of para-hydroxylation sites is 2. The largest absolute Gasteiger partial charge is 0.313 e. The SMILES string of the molecule is CC1(C)c2ccccc2-c2c1ccc1ccc(N(c3ccccc3)c3ccc4c(c3)N(c3ccccc3)C3=CC=CCC34)cc21. The molecule has 2 heteroatoms. The Hall–Kier alpha value is -5.34. The highest BCUT2D eigenvalue weighted by Crippen LogP contribution is 2.54. The lowest BCUT2D eigenvalue weighted by Gasteiger charge is -2.28. The van der Waals surface area contributed by atoms with E-state index < -0.39 is 0 Å². The number of fused-ring (bicyclic) bond motifs is 8. The van der Waals surface area contributed by atoms with Gasteiger partial charge in [0.2, 0.25) is 0 Å². The average molecular weight is 579 g/mol. The van der Waals surface area contributed by atoms with Gasteiger partial charge in [0.25, 0.3) is 0 Å². The van der Waals surface area contributed by atoms with Gasteiger partial charge in [-0.1, -0.05) is 111 Å². The molecule has 6 aromatic carbocycles. The van der Waals surface area contributed by atoms with Crippen molar-refractivity contribution in [3.8, 4) is 11.1 Å². The number of rotatable bonds is 4. The van der Waals surface area contributed by atoms with Crippen LogP contribution in [0.4, 0.5) is 28.4 Å². The Morgan fingerprint density at radius 1 is 0.667 bits per heavy atom. The molecule has 1 heterocycles. The maximum absolute atomic E-state index is 2.46. The van der Waals surface area contributed by atoms with Crippen LogP contribution in [0.5, 0.6) is 0 Å². The molecule has 0 radical (unpaired) electrons. The Morgan fingerprint density at radius 2 is 1.38 bits per heavy atom. The Labute approximate surface area is 265 Å². The van der Waals surface area contributed by atoms with E-state index in [1.807, 2.05) is 0 Å². The molecule has 3 aliphatic rings. The maximum Gasteiger partial charge on any atom is 0.0518 e. The van der Waals surface area contributed by atoms with E-state index in [0.29, 0.717) is 5.92 Å². The molecule has 6 aromatic rings. The molecule has 9 rings (SSSR count). The predicted molar refractivity (Wildman–Crippen MR) is 189 cm³/mol. The van der Waals surface area contributed by atoms with Crippen molar-refractivity contribution in [3.63, 3.8) is 0 Å². The van der Waals surface area contributed by atoms with Gasteiger partial charge >= 0.3 is 0 Å². The highest BCUT2D eigenvalue weighted by Gasteiger charge is 2.37. The van der Waals surface area contributed by atoms with Crippen LogP contribution in [0.1, 0.15) is 42.9 Å². The normalized spacial score (nSPS) is 17.0. The molecule has 0 fully saturated rings. The minimum absolute atomic E-state index is 0.0313.